The number of carboxylic acid groups (broad SMARTS) is 6. The Labute approximate surface area is 189 Å². The summed E-state index contributed by atoms with van der Waals surface area (Å²) in [6.07, 6.45) is 0. The second kappa shape index (κ2) is 13.6. The maximum atomic E-state index is 10.6. The summed E-state index contributed by atoms with van der Waals surface area (Å²) in [5, 5.41) is 67.0. The van der Waals surface area contributed by atoms with Crippen LogP contribution in [0.1, 0.15) is 62.1 Å². The SMILES string of the molecule is O=C(O)c1ccc(C(=O)O)c(C(=O)O)c1.O=C(O)c1ccc(C(=O)O)c(C(=O)O)c1.OCCO. The van der Waals surface area contributed by atoms with Gasteiger partial charge in [-0.05, 0) is 36.4 Å². The minimum atomic E-state index is -1.48. The summed E-state index contributed by atoms with van der Waals surface area (Å²) in [5.41, 5.74) is -2.49. The van der Waals surface area contributed by atoms with Crippen LogP contribution in [0, 0.1) is 0 Å². The summed E-state index contributed by atoms with van der Waals surface area (Å²) >= 11 is 0. The predicted molar refractivity (Wildman–Crippen MR) is 109 cm³/mol. The van der Waals surface area contributed by atoms with Gasteiger partial charge in [-0.3, -0.25) is 0 Å². The van der Waals surface area contributed by atoms with Crippen molar-refractivity contribution in [3.05, 3.63) is 69.8 Å². The van der Waals surface area contributed by atoms with E-state index in [0.29, 0.717) is 0 Å². The predicted octanol–water partition coefficient (Wildman–Crippen LogP) is 0.533. The van der Waals surface area contributed by atoms with Gasteiger partial charge < -0.3 is 40.9 Å². The Bertz CT molecular complexity index is 1010. The first-order valence-corrected chi connectivity index (χ1v) is 8.67. The number of rotatable bonds is 7. The Kier molecular flexibility index (Phi) is 11.6. The van der Waals surface area contributed by atoms with E-state index in [1.165, 1.54) is 0 Å². The monoisotopic (exact) mass is 482 g/mol. The zero-order valence-electron chi connectivity index (χ0n) is 16.9. The summed E-state index contributed by atoms with van der Waals surface area (Å²) in [6, 6.07) is 5.61. The third-order valence-corrected chi connectivity index (χ3v) is 3.55. The Morgan fingerprint density at radius 2 is 0.706 bits per heavy atom. The second-order valence-electron chi connectivity index (χ2n) is 5.80. The smallest absolute Gasteiger partial charge is 0.336 e. The van der Waals surface area contributed by atoms with Crippen LogP contribution in [0.4, 0.5) is 0 Å². The van der Waals surface area contributed by atoms with E-state index in [1.807, 2.05) is 0 Å². The van der Waals surface area contributed by atoms with Crippen molar-refractivity contribution in [3.8, 4) is 0 Å². The maximum Gasteiger partial charge on any atom is 0.336 e. The van der Waals surface area contributed by atoms with Gasteiger partial charge >= 0.3 is 35.8 Å². The van der Waals surface area contributed by atoms with Crippen molar-refractivity contribution in [1.82, 2.24) is 0 Å². The third-order valence-electron chi connectivity index (χ3n) is 3.55. The number of aromatic carboxylic acids is 6. The number of hydrogen-bond acceptors (Lipinski definition) is 8. The van der Waals surface area contributed by atoms with Crippen LogP contribution < -0.4 is 0 Å². The van der Waals surface area contributed by atoms with E-state index in [1.54, 1.807) is 0 Å². The fourth-order valence-electron chi connectivity index (χ4n) is 2.08. The molecule has 14 nitrogen and oxygen atoms in total. The molecular formula is C20H18O14. The van der Waals surface area contributed by atoms with Crippen molar-refractivity contribution in [1.29, 1.82) is 0 Å². The Balaban J connectivity index is 0.000000554. The summed E-state index contributed by atoms with van der Waals surface area (Å²) < 4.78 is 0. The molecule has 2 rings (SSSR count). The molecule has 2 aromatic rings. The molecule has 0 radical (unpaired) electrons. The lowest BCUT2D eigenvalue weighted by atomic mass is 10.0. The average Bonchev–Trinajstić information content (AvgIpc) is 2.78. The number of hydrogen-bond donors (Lipinski definition) is 8. The lowest BCUT2D eigenvalue weighted by Crippen LogP contribution is -2.10. The van der Waals surface area contributed by atoms with E-state index in [4.69, 9.17) is 40.9 Å². The fraction of sp³-hybridized carbons (Fsp3) is 0.100. The van der Waals surface area contributed by atoms with Crippen LogP contribution in [0.3, 0.4) is 0 Å². The average molecular weight is 482 g/mol. The second-order valence-corrected chi connectivity index (χ2v) is 5.80. The van der Waals surface area contributed by atoms with Crippen LogP contribution in [0.5, 0.6) is 0 Å². The summed E-state index contributed by atoms with van der Waals surface area (Å²) in [7, 11) is 0. The van der Waals surface area contributed by atoms with Gasteiger partial charge in [-0.25, -0.2) is 28.8 Å². The maximum absolute atomic E-state index is 10.6. The quantitative estimate of drug-likeness (QED) is 0.268. The van der Waals surface area contributed by atoms with Crippen LogP contribution >= 0.6 is 0 Å². The topological polar surface area (TPSA) is 264 Å². The largest absolute Gasteiger partial charge is 0.478 e. The molecule has 182 valence electrons. The van der Waals surface area contributed by atoms with Crippen molar-refractivity contribution in [2.24, 2.45) is 0 Å². The first-order chi connectivity index (χ1) is 15.8. The minimum absolute atomic E-state index is 0.125. The zero-order chi connectivity index (χ0) is 26.6. The van der Waals surface area contributed by atoms with Gasteiger partial charge in [0.1, 0.15) is 0 Å². The molecule has 0 heterocycles. The highest BCUT2D eigenvalue weighted by atomic mass is 16.4. The molecule has 0 amide bonds. The molecule has 0 unspecified atom stereocenters. The normalized spacial score (nSPS) is 9.35. The Hall–Kier alpha value is -4.82. The van der Waals surface area contributed by atoms with Gasteiger partial charge in [-0.15, -0.1) is 0 Å². The molecule has 0 aromatic heterocycles. The zero-order valence-corrected chi connectivity index (χ0v) is 16.9. The molecule has 0 atom stereocenters. The molecule has 14 heteroatoms. The van der Waals surface area contributed by atoms with Gasteiger partial charge in [-0.2, -0.15) is 0 Å². The molecular weight excluding hydrogens is 464 g/mol. The Morgan fingerprint density at radius 3 is 0.882 bits per heavy atom. The lowest BCUT2D eigenvalue weighted by Gasteiger charge is -2.02. The van der Waals surface area contributed by atoms with Crippen molar-refractivity contribution in [2.75, 3.05) is 13.2 Å². The van der Waals surface area contributed by atoms with Crippen LogP contribution in [-0.2, 0) is 0 Å². The van der Waals surface area contributed by atoms with Gasteiger partial charge in [0.2, 0.25) is 0 Å². The van der Waals surface area contributed by atoms with Crippen LogP contribution in [0.25, 0.3) is 0 Å². The van der Waals surface area contributed by atoms with Gasteiger partial charge in [0.05, 0.1) is 46.6 Å². The number of carboxylic acids is 6. The molecule has 0 saturated carbocycles. The molecule has 2 aromatic carbocycles. The van der Waals surface area contributed by atoms with Gasteiger partial charge in [0.25, 0.3) is 0 Å². The molecule has 0 aliphatic carbocycles. The van der Waals surface area contributed by atoms with Crippen LogP contribution in [0.15, 0.2) is 36.4 Å². The van der Waals surface area contributed by atoms with Crippen LogP contribution in [-0.4, -0.2) is 89.9 Å². The van der Waals surface area contributed by atoms with E-state index in [9.17, 15) is 28.8 Å². The highest BCUT2D eigenvalue weighted by Gasteiger charge is 2.19. The van der Waals surface area contributed by atoms with Crippen molar-refractivity contribution < 1.29 is 69.6 Å². The summed E-state index contributed by atoms with van der Waals surface area (Å²) in [4.78, 5) is 63.5. The van der Waals surface area contributed by atoms with Crippen molar-refractivity contribution in [3.63, 3.8) is 0 Å². The van der Waals surface area contributed by atoms with Gasteiger partial charge in [0.15, 0.2) is 0 Å². The van der Waals surface area contributed by atoms with Gasteiger partial charge in [-0.1, -0.05) is 0 Å². The highest BCUT2D eigenvalue weighted by Crippen LogP contribution is 2.13. The molecule has 0 aliphatic rings. The van der Waals surface area contributed by atoms with E-state index in [2.05, 4.69) is 0 Å². The molecule has 0 saturated heterocycles. The minimum Gasteiger partial charge on any atom is -0.478 e. The number of carbonyl (C=O) groups is 6. The van der Waals surface area contributed by atoms with E-state index in [-0.39, 0.29) is 24.3 Å². The molecule has 34 heavy (non-hydrogen) atoms. The molecule has 0 spiro atoms. The van der Waals surface area contributed by atoms with E-state index in [0.717, 1.165) is 36.4 Å². The molecule has 0 fully saturated rings. The number of aliphatic hydroxyl groups is 2. The van der Waals surface area contributed by atoms with Crippen molar-refractivity contribution in [2.45, 2.75) is 0 Å². The van der Waals surface area contributed by atoms with Crippen molar-refractivity contribution >= 4 is 35.8 Å². The third kappa shape index (κ3) is 8.74. The number of benzene rings is 2. The standard InChI is InChI=1S/2C9H6O6.C2H6O2/c2*10-7(11)4-1-2-5(8(12)13)6(3-4)9(14)15;3-1-2-4/h2*1-3H,(H,10,11)(H,12,13)(H,14,15);3-4H,1-2H2. The van der Waals surface area contributed by atoms with E-state index < -0.39 is 58.1 Å². The molecule has 8 N–H and O–H groups in total. The van der Waals surface area contributed by atoms with E-state index >= 15 is 0 Å². The molecule has 0 bridgehead atoms. The highest BCUT2D eigenvalue weighted by molar-refractivity contribution is 6.04. The molecule has 0 aliphatic heterocycles. The summed E-state index contributed by atoms with van der Waals surface area (Å²) in [6.45, 7) is -0.250. The lowest BCUT2D eigenvalue weighted by molar-refractivity contribution is 0.0648. The summed E-state index contributed by atoms with van der Waals surface area (Å²) in [5.74, 6) is -8.40. The first-order valence-electron chi connectivity index (χ1n) is 8.67. The van der Waals surface area contributed by atoms with Gasteiger partial charge in [0, 0.05) is 0 Å². The van der Waals surface area contributed by atoms with Crippen LogP contribution in [0.2, 0.25) is 0 Å². The number of aliphatic hydroxyl groups excluding tert-OH is 2. The Morgan fingerprint density at radius 1 is 0.441 bits per heavy atom. The fourth-order valence-corrected chi connectivity index (χ4v) is 2.08. The first kappa shape index (κ1) is 29.2.